The number of hydrogen-bond acceptors (Lipinski definition) is 8. The van der Waals surface area contributed by atoms with Crippen molar-refractivity contribution in [1.82, 2.24) is 26.0 Å². The van der Waals surface area contributed by atoms with Gasteiger partial charge < -0.3 is 25.4 Å². The monoisotopic (exact) mass is 471 g/mol. The summed E-state index contributed by atoms with van der Waals surface area (Å²) in [5, 5.41) is 15.8. The molecule has 4 atom stereocenters. The zero-order valence-electron chi connectivity index (χ0n) is 19.8. The molecule has 0 saturated carbocycles. The van der Waals surface area contributed by atoms with Crippen LogP contribution in [0.5, 0.6) is 0 Å². The minimum absolute atomic E-state index is 0.0458. The molecule has 5 amide bonds. The summed E-state index contributed by atoms with van der Waals surface area (Å²) < 4.78 is 4.67. The first-order valence-electron chi connectivity index (χ1n) is 10.6. The fraction of sp³-hybridized carbons (Fsp3) is 0.700. The average Bonchev–Trinajstić information content (AvgIpc) is 3.21. The van der Waals surface area contributed by atoms with Crippen molar-refractivity contribution in [3.8, 4) is 0 Å². The van der Waals surface area contributed by atoms with Gasteiger partial charge in [0.1, 0.15) is 18.1 Å². The van der Waals surface area contributed by atoms with Crippen LogP contribution < -0.4 is 16.1 Å². The van der Waals surface area contributed by atoms with E-state index in [9.17, 15) is 33.9 Å². The lowest BCUT2D eigenvalue weighted by molar-refractivity contribution is -0.175. The Morgan fingerprint density at radius 2 is 1.76 bits per heavy atom. The van der Waals surface area contributed by atoms with Crippen LogP contribution >= 0.6 is 0 Å². The highest BCUT2D eigenvalue weighted by molar-refractivity contribution is 6.05. The average molecular weight is 472 g/mol. The van der Waals surface area contributed by atoms with Gasteiger partial charge in [-0.3, -0.25) is 34.4 Å². The molecular weight excluding hydrogens is 438 g/mol. The van der Waals surface area contributed by atoms with E-state index in [-0.39, 0.29) is 13.2 Å². The Hall–Kier alpha value is -3.22. The number of ether oxygens (including phenoxy) is 1. The molecule has 0 spiro atoms. The molecule has 1 aliphatic heterocycles. The molecule has 1 fully saturated rings. The van der Waals surface area contributed by atoms with Crippen LogP contribution in [0.25, 0.3) is 0 Å². The third kappa shape index (κ3) is 7.14. The molecule has 1 saturated heterocycles. The first kappa shape index (κ1) is 27.8. The van der Waals surface area contributed by atoms with Gasteiger partial charge in [0.2, 0.25) is 23.3 Å². The van der Waals surface area contributed by atoms with Crippen molar-refractivity contribution in [2.24, 2.45) is 0 Å². The van der Waals surface area contributed by atoms with E-state index in [0.29, 0.717) is 17.9 Å². The van der Waals surface area contributed by atoms with E-state index < -0.39 is 59.2 Å². The number of nitrogens with zero attached hydrogens (tertiary/aromatic N) is 2. The smallest absolute Gasteiger partial charge is 0.347 e. The molecule has 0 aromatic rings. The van der Waals surface area contributed by atoms with Crippen molar-refractivity contribution in [2.75, 3.05) is 20.2 Å². The minimum Gasteiger partial charge on any atom is -0.463 e. The van der Waals surface area contributed by atoms with E-state index in [4.69, 9.17) is 0 Å². The molecule has 33 heavy (non-hydrogen) atoms. The standard InChI is InChI=1S/C20H33N5O8/c1-7-33-19(31)20(5,32)18(30)24(6)23-16(28)14-9-8-10-25(14)17(29)12(3)22-15(27)11(2)21-13(4)26/h11-12,14,32H,7-10H2,1-6H3,(H,21,26)(H,22,27)(H,23,28)/t11-,12-,14-,20+/m0/s1. The lowest BCUT2D eigenvalue weighted by Gasteiger charge is -2.30. The van der Waals surface area contributed by atoms with Gasteiger partial charge in [0.25, 0.3) is 11.8 Å². The van der Waals surface area contributed by atoms with Crippen LogP contribution in [0, 0.1) is 0 Å². The van der Waals surface area contributed by atoms with Crippen LogP contribution in [0.3, 0.4) is 0 Å². The van der Waals surface area contributed by atoms with Crippen LogP contribution in [0.15, 0.2) is 0 Å². The quantitative estimate of drug-likeness (QED) is 0.175. The molecule has 13 nitrogen and oxygen atoms in total. The fourth-order valence-corrected chi connectivity index (χ4v) is 3.30. The number of carbonyl (C=O) groups is 6. The van der Waals surface area contributed by atoms with Crippen LogP contribution in [0.2, 0.25) is 0 Å². The van der Waals surface area contributed by atoms with Gasteiger partial charge in [0.05, 0.1) is 6.61 Å². The van der Waals surface area contributed by atoms with Crippen molar-refractivity contribution >= 4 is 35.5 Å². The second kappa shape index (κ2) is 11.6. The maximum atomic E-state index is 12.8. The molecule has 0 unspecified atom stereocenters. The van der Waals surface area contributed by atoms with Crippen LogP contribution in [0.1, 0.15) is 47.5 Å². The van der Waals surface area contributed by atoms with Gasteiger partial charge in [0, 0.05) is 20.5 Å². The van der Waals surface area contributed by atoms with Gasteiger partial charge in [-0.25, -0.2) is 4.79 Å². The molecule has 186 valence electrons. The van der Waals surface area contributed by atoms with Crippen LogP contribution in [0.4, 0.5) is 0 Å². The van der Waals surface area contributed by atoms with Crippen molar-refractivity contribution in [3.05, 3.63) is 0 Å². The van der Waals surface area contributed by atoms with Gasteiger partial charge in [-0.15, -0.1) is 0 Å². The Labute approximate surface area is 192 Å². The number of likely N-dealkylation sites (tertiary alicyclic amines) is 1. The predicted molar refractivity (Wildman–Crippen MR) is 114 cm³/mol. The largest absolute Gasteiger partial charge is 0.463 e. The predicted octanol–water partition coefficient (Wildman–Crippen LogP) is -2.19. The number of hydrazine groups is 1. The highest BCUT2D eigenvalue weighted by atomic mass is 16.5. The fourth-order valence-electron chi connectivity index (χ4n) is 3.30. The number of amides is 5. The molecule has 0 radical (unpaired) electrons. The summed E-state index contributed by atoms with van der Waals surface area (Å²) in [5.41, 5.74) is -0.230. The van der Waals surface area contributed by atoms with Gasteiger partial charge in [-0.2, -0.15) is 0 Å². The van der Waals surface area contributed by atoms with E-state index in [1.54, 1.807) is 0 Å². The van der Waals surface area contributed by atoms with E-state index in [0.717, 1.165) is 14.0 Å². The lowest BCUT2D eigenvalue weighted by Crippen LogP contribution is -2.60. The summed E-state index contributed by atoms with van der Waals surface area (Å²) in [4.78, 5) is 74.4. The Morgan fingerprint density at radius 1 is 1.15 bits per heavy atom. The highest BCUT2D eigenvalue weighted by Gasteiger charge is 2.44. The van der Waals surface area contributed by atoms with Gasteiger partial charge in [0.15, 0.2) is 0 Å². The molecular formula is C20H33N5O8. The zero-order chi connectivity index (χ0) is 25.5. The molecule has 1 heterocycles. The second-order valence-corrected chi connectivity index (χ2v) is 7.98. The Morgan fingerprint density at radius 3 is 2.30 bits per heavy atom. The summed E-state index contributed by atoms with van der Waals surface area (Å²) in [6, 6.07) is -2.74. The zero-order valence-corrected chi connectivity index (χ0v) is 19.8. The first-order valence-corrected chi connectivity index (χ1v) is 10.6. The van der Waals surface area contributed by atoms with Gasteiger partial charge >= 0.3 is 5.97 Å². The molecule has 0 aromatic carbocycles. The molecule has 0 aromatic heterocycles. The summed E-state index contributed by atoms with van der Waals surface area (Å²) in [6.07, 6.45) is 0.835. The number of hydrogen-bond donors (Lipinski definition) is 4. The maximum absolute atomic E-state index is 12.8. The molecule has 4 N–H and O–H groups in total. The number of esters is 1. The third-order valence-electron chi connectivity index (χ3n) is 5.05. The van der Waals surface area contributed by atoms with E-state index in [1.807, 2.05) is 0 Å². The summed E-state index contributed by atoms with van der Waals surface area (Å²) in [6.45, 7) is 6.87. The highest BCUT2D eigenvalue weighted by Crippen LogP contribution is 2.19. The number of rotatable bonds is 8. The molecule has 0 aliphatic carbocycles. The van der Waals surface area contributed by atoms with E-state index in [1.165, 1.54) is 32.6 Å². The van der Waals surface area contributed by atoms with E-state index >= 15 is 0 Å². The SMILES string of the molecule is CCOC(=O)[C@](C)(O)C(=O)N(C)NC(=O)[C@@H]1CCCN1C(=O)[C@H](C)NC(=O)[C@H](C)NC(C)=O. The second-order valence-electron chi connectivity index (χ2n) is 7.98. The molecule has 13 heteroatoms. The normalized spacial score (nSPS) is 18.9. The van der Waals surface area contributed by atoms with Gasteiger partial charge in [-0.1, -0.05) is 0 Å². The molecule has 1 aliphatic rings. The number of likely N-dealkylation sites (N-methyl/N-ethyl adjacent to an activating group) is 1. The van der Waals surface area contributed by atoms with Crippen molar-refractivity contribution in [1.29, 1.82) is 0 Å². The lowest BCUT2D eigenvalue weighted by atomic mass is 10.1. The van der Waals surface area contributed by atoms with Crippen LogP contribution in [-0.2, 0) is 33.5 Å². The van der Waals surface area contributed by atoms with Crippen molar-refractivity contribution in [3.63, 3.8) is 0 Å². The van der Waals surface area contributed by atoms with Gasteiger partial charge in [-0.05, 0) is 40.5 Å². The first-order chi connectivity index (χ1) is 15.2. The summed E-state index contributed by atoms with van der Waals surface area (Å²) in [7, 11) is 1.15. The van der Waals surface area contributed by atoms with Crippen LogP contribution in [-0.4, -0.2) is 94.4 Å². The Kier molecular flexibility index (Phi) is 9.77. The minimum atomic E-state index is -2.51. The third-order valence-corrected chi connectivity index (χ3v) is 5.05. The number of carbonyl (C=O) groups excluding carboxylic acids is 6. The summed E-state index contributed by atoms with van der Waals surface area (Å²) >= 11 is 0. The topological polar surface area (TPSA) is 174 Å². The maximum Gasteiger partial charge on any atom is 0.347 e. The van der Waals surface area contributed by atoms with Crippen molar-refractivity contribution in [2.45, 2.75) is 71.2 Å². The van der Waals surface area contributed by atoms with E-state index in [2.05, 4.69) is 20.8 Å². The van der Waals surface area contributed by atoms with Crippen molar-refractivity contribution < 1.29 is 38.6 Å². The summed E-state index contributed by atoms with van der Waals surface area (Å²) in [5.74, 6) is -4.43. The molecule has 1 rings (SSSR count). The Balaban J connectivity index is 2.79. The Bertz CT molecular complexity index is 799. The molecule has 0 bridgehead atoms. The number of nitrogens with one attached hydrogen (secondary N) is 3. The number of aliphatic hydroxyl groups is 1.